The van der Waals surface area contributed by atoms with Crippen LogP contribution in [0.5, 0.6) is 0 Å². The van der Waals surface area contributed by atoms with Crippen molar-refractivity contribution < 1.29 is 9.90 Å². The smallest absolute Gasteiger partial charge is 0.324 e. The Bertz CT molecular complexity index is 340. The van der Waals surface area contributed by atoms with E-state index in [2.05, 4.69) is 18.7 Å². The minimum absolute atomic E-state index is 0.437. The predicted octanol–water partition coefficient (Wildman–Crippen LogP) is 3.67. The number of carboxylic acids is 1. The largest absolute Gasteiger partial charge is 0.480 e. The molecule has 2 rings (SSSR count). The summed E-state index contributed by atoms with van der Waals surface area (Å²) in [6.45, 7) is 7.71. The van der Waals surface area contributed by atoms with Gasteiger partial charge in [-0.05, 0) is 56.9 Å². The molecule has 1 N–H and O–H groups in total. The lowest BCUT2D eigenvalue weighted by molar-refractivity contribution is -0.151. The van der Waals surface area contributed by atoms with E-state index in [-0.39, 0.29) is 0 Å². The van der Waals surface area contributed by atoms with Crippen LogP contribution in [0.3, 0.4) is 0 Å². The van der Waals surface area contributed by atoms with Gasteiger partial charge in [-0.3, -0.25) is 9.69 Å². The molecule has 3 heteroatoms. The topological polar surface area (TPSA) is 40.5 Å². The van der Waals surface area contributed by atoms with Gasteiger partial charge in [0.1, 0.15) is 5.54 Å². The number of likely N-dealkylation sites (tertiary alicyclic amines) is 1. The average Bonchev–Trinajstić information content (AvgIpc) is 2.70. The molecule has 110 valence electrons. The van der Waals surface area contributed by atoms with Gasteiger partial charge < -0.3 is 5.11 Å². The summed E-state index contributed by atoms with van der Waals surface area (Å²) in [6, 6.07) is 0.486. The zero-order valence-electron chi connectivity index (χ0n) is 12.7. The molecule has 2 atom stereocenters. The van der Waals surface area contributed by atoms with Crippen molar-refractivity contribution >= 4 is 5.97 Å². The first-order valence-electron chi connectivity index (χ1n) is 7.91. The van der Waals surface area contributed by atoms with Crippen LogP contribution in [0.2, 0.25) is 0 Å². The first kappa shape index (κ1) is 14.8. The van der Waals surface area contributed by atoms with Crippen molar-refractivity contribution in [3.05, 3.63) is 0 Å². The molecule has 19 heavy (non-hydrogen) atoms. The Hall–Kier alpha value is -0.570. The fourth-order valence-corrected chi connectivity index (χ4v) is 4.15. The Labute approximate surface area is 117 Å². The van der Waals surface area contributed by atoms with Crippen LogP contribution in [-0.2, 0) is 4.79 Å². The lowest BCUT2D eigenvalue weighted by Crippen LogP contribution is -2.54. The van der Waals surface area contributed by atoms with Crippen LogP contribution in [-0.4, -0.2) is 34.1 Å². The number of hydrogen-bond donors (Lipinski definition) is 1. The Morgan fingerprint density at radius 3 is 2.58 bits per heavy atom. The summed E-state index contributed by atoms with van der Waals surface area (Å²) < 4.78 is 0. The Balaban J connectivity index is 2.14. The summed E-state index contributed by atoms with van der Waals surface area (Å²) in [7, 11) is 0. The molecule has 1 saturated heterocycles. The lowest BCUT2D eigenvalue weighted by atomic mass is 9.85. The number of hydrogen-bond acceptors (Lipinski definition) is 2. The highest BCUT2D eigenvalue weighted by atomic mass is 16.4. The van der Waals surface area contributed by atoms with E-state index in [0.717, 1.165) is 25.8 Å². The second kappa shape index (κ2) is 5.43. The quantitative estimate of drug-likeness (QED) is 0.793. The SMILES string of the molecule is CCC1(C(=O)O)CCCN1C1CCCC(C)(C)CC1. The molecule has 1 saturated carbocycles. The van der Waals surface area contributed by atoms with Gasteiger partial charge in [-0.2, -0.15) is 0 Å². The summed E-state index contributed by atoms with van der Waals surface area (Å²) in [5, 5.41) is 9.70. The molecule has 0 aromatic rings. The molecule has 0 spiro atoms. The Morgan fingerprint density at radius 1 is 1.21 bits per heavy atom. The highest BCUT2D eigenvalue weighted by Gasteiger charge is 2.48. The Kier molecular flexibility index (Phi) is 4.24. The monoisotopic (exact) mass is 267 g/mol. The van der Waals surface area contributed by atoms with E-state index in [9.17, 15) is 9.90 Å². The first-order chi connectivity index (χ1) is 8.91. The maximum absolute atomic E-state index is 11.8. The molecule has 2 unspecified atom stereocenters. The number of aliphatic carboxylic acids is 1. The fraction of sp³-hybridized carbons (Fsp3) is 0.938. The minimum Gasteiger partial charge on any atom is -0.480 e. The Morgan fingerprint density at radius 2 is 1.95 bits per heavy atom. The van der Waals surface area contributed by atoms with Gasteiger partial charge in [-0.1, -0.05) is 27.2 Å². The van der Waals surface area contributed by atoms with Gasteiger partial charge in [-0.15, -0.1) is 0 Å². The van der Waals surface area contributed by atoms with Gasteiger partial charge >= 0.3 is 5.97 Å². The molecular weight excluding hydrogens is 238 g/mol. The summed E-state index contributed by atoms with van der Waals surface area (Å²) in [5.41, 5.74) is -0.133. The van der Waals surface area contributed by atoms with Crippen LogP contribution < -0.4 is 0 Å². The van der Waals surface area contributed by atoms with Gasteiger partial charge in [0.15, 0.2) is 0 Å². The molecule has 0 bridgehead atoms. The van der Waals surface area contributed by atoms with Crippen LogP contribution in [0.4, 0.5) is 0 Å². The van der Waals surface area contributed by atoms with E-state index >= 15 is 0 Å². The van der Waals surface area contributed by atoms with Crippen molar-refractivity contribution in [2.75, 3.05) is 6.54 Å². The first-order valence-corrected chi connectivity index (χ1v) is 7.91. The highest BCUT2D eigenvalue weighted by Crippen LogP contribution is 2.41. The third-order valence-electron chi connectivity index (χ3n) is 5.51. The molecule has 0 aromatic heterocycles. The van der Waals surface area contributed by atoms with Gasteiger partial charge in [0.25, 0.3) is 0 Å². The van der Waals surface area contributed by atoms with E-state index in [1.54, 1.807) is 0 Å². The van der Waals surface area contributed by atoms with Crippen LogP contribution in [0.15, 0.2) is 0 Å². The number of carboxylic acid groups (broad SMARTS) is 1. The number of rotatable bonds is 3. The third kappa shape index (κ3) is 2.81. The predicted molar refractivity (Wildman–Crippen MR) is 77.3 cm³/mol. The van der Waals surface area contributed by atoms with Crippen molar-refractivity contribution in [1.82, 2.24) is 4.90 Å². The zero-order valence-corrected chi connectivity index (χ0v) is 12.7. The van der Waals surface area contributed by atoms with Crippen LogP contribution >= 0.6 is 0 Å². The van der Waals surface area contributed by atoms with Gasteiger partial charge in [-0.25, -0.2) is 0 Å². The fourth-order valence-electron chi connectivity index (χ4n) is 4.15. The summed E-state index contributed by atoms with van der Waals surface area (Å²) in [4.78, 5) is 14.1. The second-order valence-electron chi connectivity index (χ2n) is 7.24. The van der Waals surface area contributed by atoms with Crippen LogP contribution in [0, 0.1) is 5.41 Å². The van der Waals surface area contributed by atoms with Gasteiger partial charge in [0.05, 0.1) is 0 Å². The molecule has 2 aliphatic rings. The van der Waals surface area contributed by atoms with E-state index in [1.807, 2.05) is 6.92 Å². The minimum atomic E-state index is -0.601. The van der Waals surface area contributed by atoms with Gasteiger partial charge in [0.2, 0.25) is 0 Å². The second-order valence-corrected chi connectivity index (χ2v) is 7.24. The van der Waals surface area contributed by atoms with Crippen molar-refractivity contribution in [2.24, 2.45) is 5.41 Å². The molecule has 0 amide bonds. The zero-order chi connectivity index (χ0) is 14.1. The highest BCUT2D eigenvalue weighted by molar-refractivity contribution is 5.79. The molecule has 3 nitrogen and oxygen atoms in total. The molecule has 1 aliphatic carbocycles. The maximum Gasteiger partial charge on any atom is 0.324 e. The molecule has 0 aromatic carbocycles. The lowest BCUT2D eigenvalue weighted by Gasteiger charge is -2.39. The molecule has 2 fully saturated rings. The summed E-state index contributed by atoms with van der Waals surface area (Å²) in [6.07, 6.45) is 8.71. The van der Waals surface area contributed by atoms with E-state index in [0.29, 0.717) is 11.5 Å². The van der Waals surface area contributed by atoms with Crippen LogP contribution in [0.25, 0.3) is 0 Å². The summed E-state index contributed by atoms with van der Waals surface area (Å²) in [5.74, 6) is -0.601. The normalized spacial score (nSPS) is 36.1. The van der Waals surface area contributed by atoms with E-state index in [4.69, 9.17) is 0 Å². The molecule has 1 aliphatic heterocycles. The third-order valence-corrected chi connectivity index (χ3v) is 5.51. The molecule has 1 heterocycles. The standard InChI is InChI=1S/C16H29NO2/c1-4-16(14(18)19)10-6-12-17(16)13-7-5-9-15(2,3)11-8-13/h13H,4-12H2,1-3H3,(H,18,19). The molecule has 0 radical (unpaired) electrons. The van der Waals surface area contributed by atoms with Crippen molar-refractivity contribution in [2.45, 2.75) is 83.7 Å². The van der Waals surface area contributed by atoms with E-state index < -0.39 is 11.5 Å². The number of nitrogens with zero attached hydrogens (tertiary/aromatic N) is 1. The number of carbonyl (C=O) groups is 1. The maximum atomic E-state index is 11.8. The molecular formula is C16H29NO2. The van der Waals surface area contributed by atoms with Crippen molar-refractivity contribution in [3.63, 3.8) is 0 Å². The summed E-state index contributed by atoms with van der Waals surface area (Å²) >= 11 is 0. The van der Waals surface area contributed by atoms with Crippen LogP contribution in [0.1, 0.15) is 72.1 Å². The van der Waals surface area contributed by atoms with Crippen molar-refractivity contribution in [1.29, 1.82) is 0 Å². The average molecular weight is 267 g/mol. The van der Waals surface area contributed by atoms with Gasteiger partial charge in [0, 0.05) is 6.04 Å². The van der Waals surface area contributed by atoms with E-state index in [1.165, 1.54) is 32.1 Å². The van der Waals surface area contributed by atoms with Crippen molar-refractivity contribution in [3.8, 4) is 0 Å².